The molecule has 0 saturated heterocycles. The van der Waals surface area contributed by atoms with Crippen LogP contribution in [0.15, 0.2) is 59.2 Å². The van der Waals surface area contributed by atoms with Gasteiger partial charge in [0, 0.05) is 6.54 Å². The van der Waals surface area contributed by atoms with Gasteiger partial charge < -0.3 is 19.8 Å². The number of amides is 2. The van der Waals surface area contributed by atoms with E-state index in [1.807, 2.05) is 50.2 Å². The van der Waals surface area contributed by atoms with Crippen LogP contribution in [0.4, 0.5) is 0 Å². The van der Waals surface area contributed by atoms with Crippen molar-refractivity contribution in [1.82, 2.24) is 10.6 Å². The molecule has 3 aromatic rings. The highest BCUT2D eigenvalue weighted by molar-refractivity contribution is 5.95. The molecule has 6 heteroatoms. The van der Waals surface area contributed by atoms with Gasteiger partial charge in [0.1, 0.15) is 11.8 Å². The molecule has 0 fully saturated rings. The molecule has 1 unspecified atom stereocenters. The van der Waals surface area contributed by atoms with E-state index in [4.69, 9.17) is 9.15 Å². The highest BCUT2D eigenvalue weighted by Gasteiger charge is 2.25. The van der Waals surface area contributed by atoms with Gasteiger partial charge in [-0.25, -0.2) is 0 Å². The average Bonchev–Trinajstić information content (AvgIpc) is 3.24. The average molecular weight is 380 g/mol. The fourth-order valence-corrected chi connectivity index (χ4v) is 2.96. The number of hydrogen-bond donors (Lipinski definition) is 2. The number of fused-ring (bicyclic) bond motifs is 1. The Morgan fingerprint density at radius 2 is 1.82 bits per heavy atom. The molecule has 1 aromatic heterocycles. The Balaban J connectivity index is 1.65. The van der Waals surface area contributed by atoms with Crippen LogP contribution in [-0.4, -0.2) is 25.0 Å². The summed E-state index contributed by atoms with van der Waals surface area (Å²) in [6.07, 6.45) is 1.43. The number of carbonyl (C=O) groups excluding carboxylic acids is 2. The smallest absolute Gasteiger partial charge is 0.287 e. The van der Waals surface area contributed by atoms with Crippen molar-refractivity contribution in [2.75, 3.05) is 7.11 Å². The topological polar surface area (TPSA) is 80.6 Å². The zero-order chi connectivity index (χ0) is 20.1. The van der Waals surface area contributed by atoms with E-state index in [2.05, 4.69) is 10.6 Å². The summed E-state index contributed by atoms with van der Waals surface area (Å²) in [6.45, 7) is 4.15. The molecule has 0 saturated carbocycles. The van der Waals surface area contributed by atoms with Crippen molar-refractivity contribution in [3.8, 4) is 5.75 Å². The predicted octanol–water partition coefficient (Wildman–Crippen LogP) is 3.51. The Morgan fingerprint density at radius 3 is 2.50 bits per heavy atom. The van der Waals surface area contributed by atoms with Gasteiger partial charge in [0.05, 0.1) is 13.4 Å². The minimum absolute atomic E-state index is 0.0667. The van der Waals surface area contributed by atoms with Gasteiger partial charge in [-0.2, -0.15) is 0 Å². The number of ether oxygens (including phenoxy) is 1. The molecular weight excluding hydrogens is 356 g/mol. The summed E-state index contributed by atoms with van der Waals surface area (Å²) in [4.78, 5) is 24.8. The second kappa shape index (κ2) is 8.61. The van der Waals surface area contributed by atoms with Gasteiger partial charge in [0.15, 0.2) is 5.76 Å². The first-order valence-electron chi connectivity index (χ1n) is 9.16. The Morgan fingerprint density at radius 1 is 1.07 bits per heavy atom. The zero-order valence-electron chi connectivity index (χ0n) is 16.2. The van der Waals surface area contributed by atoms with E-state index in [0.29, 0.717) is 6.54 Å². The fourth-order valence-electron chi connectivity index (χ4n) is 2.96. The van der Waals surface area contributed by atoms with Gasteiger partial charge in [0.2, 0.25) is 5.91 Å². The van der Waals surface area contributed by atoms with E-state index in [9.17, 15) is 9.59 Å². The molecule has 0 bridgehead atoms. The van der Waals surface area contributed by atoms with E-state index in [0.717, 1.165) is 22.1 Å². The highest BCUT2D eigenvalue weighted by atomic mass is 16.5. The van der Waals surface area contributed by atoms with Crippen molar-refractivity contribution < 1.29 is 18.7 Å². The third-order valence-corrected chi connectivity index (χ3v) is 4.56. The van der Waals surface area contributed by atoms with Crippen molar-refractivity contribution >= 4 is 22.6 Å². The predicted molar refractivity (Wildman–Crippen MR) is 107 cm³/mol. The molecule has 0 aliphatic rings. The highest BCUT2D eigenvalue weighted by Crippen LogP contribution is 2.21. The first kappa shape index (κ1) is 19.5. The molecule has 0 radical (unpaired) electrons. The minimum atomic E-state index is -0.651. The molecule has 2 aromatic carbocycles. The second-order valence-electron chi connectivity index (χ2n) is 6.94. The normalized spacial score (nSPS) is 12.0. The summed E-state index contributed by atoms with van der Waals surface area (Å²) in [7, 11) is 1.64. The molecular formula is C22H24N2O4. The van der Waals surface area contributed by atoms with Crippen molar-refractivity contribution in [3.63, 3.8) is 0 Å². The minimum Gasteiger partial charge on any atom is -0.497 e. The summed E-state index contributed by atoms with van der Waals surface area (Å²) < 4.78 is 10.3. The number of carbonyl (C=O) groups is 2. The lowest BCUT2D eigenvalue weighted by molar-refractivity contribution is -0.124. The van der Waals surface area contributed by atoms with Crippen LogP contribution in [0.2, 0.25) is 0 Å². The van der Waals surface area contributed by atoms with Crippen molar-refractivity contribution in [2.45, 2.75) is 26.4 Å². The van der Waals surface area contributed by atoms with Crippen LogP contribution >= 0.6 is 0 Å². The first-order valence-corrected chi connectivity index (χ1v) is 9.16. The first-order chi connectivity index (χ1) is 13.5. The van der Waals surface area contributed by atoms with Gasteiger partial charge in [-0.05, 0) is 52.6 Å². The molecule has 28 heavy (non-hydrogen) atoms. The Hall–Kier alpha value is -3.28. The van der Waals surface area contributed by atoms with Gasteiger partial charge in [0.25, 0.3) is 5.91 Å². The Labute approximate surface area is 163 Å². The van der Waals surface area contributed by atoms with Crippen LogP contribution in [0.3, 0.4) is 0 Å². The van der Waals surface area contributed by atoms with Crippen molar-refractivity contribution in [3.05, 3.63) is 66.1 Å². The summed E-state index contributed by atoms with van der Waals surface area (Å²) in [5, 5.41) is 7.79. The lowest BCUT2D eigenvalue weighted by Gasteiger charge is -2.21. The summed E-state index contributed by atoms with van der Waals surface area (Å²) in [5.41, 5.74) is 0.978. The van der Waals surface area contributed by atoms with E-state index in [1.54, 1.807) is 19.2 Å². The molecule has 0 aliphatic heterocycles. The third-order valence-electron chi connectivity index (χ3n) is 4.56. The van der Waals surface area contributed by atoms with Crippen LogP contribution in [0, 0.1) is 5.92 Å². The number of methoxy groups -OCH3 is 1. The molecule has 1 atom stereocenters. The molecule has 0 spiro atoms. The largest absolute Gasteiger partial charge is 0.497 e. The van der Waals surface area contributed by atoms with Gasteiger partial charge in [-0.1, -0.05) is 32.0 Å². The monoisotopic (exact) mass is 380 g/mol. The van der Waals surface area contributed by atoms with Crippen LogP contribution in [0.25, 0.3) is 10.8 Å². The molecule has 1 heterocycles. The van der Waals surface area contributed by atoms with Crippen LogP contribution < -0.4 is 15.4 Å². The molecule has 146 valence electrons. The van der Waals surface area contributed by atoms with Crippen molar-refractivity contribution in [1.29, 1.82) is 0 Å². The summed E-state index contributed by atoms with van der Waals surface area (Å²) in [5.74, 6) is 0.287. The third kappa shape index (κ3) is 4.52. The van der Waals surface area contributed by atoms with Crippen molar-refractivity contribution in [2.24, 2.45) is 5.92 Å². The summed E-state index contributed by atoms with van der Waals surface area (Å²) in [6, 6.07) is 14.4. The second-order valence-corrected chi connectivity index (χ2v) is 6.94. The molecule has 2 amide bonds. The quantitative estimate of drug-likeness (QED) is 0.657. The number of hydrogen-bond acceptors (Lipinski definition) is 4. The maximum absolute atomic E-state index is 12.6. The fraction of sp³-hybridized carbons (Fsp3) is 0.273. The van der Waals surface area contributed by atoms with E-state index >= 15 is 0 Å². The Kier molecular flexibility index (Phi) is 5.99. The standard InChI is InChI=1S/C22H24N2O4/c1-14(2)20(24-21(25)19-5-4-10-28-19)22(26)23-13-15-6-7-17-12-18(27-3)9-8-16(17)11-15/h4-12,14,20H,13H2,1-3H3,(H,23,26)(H,24,25). The number of rotatable bonds is 7. The maximum atomic E-state index is 12.6. The van der Waals surface area contributed by atoms with E-state index in [1.165, 1.54) is 6.26 Å². The van der Waals surface area contributed by atoms with E-state index in [-0.39, 0.29) is 17.6 Å². The molecule has 6 nitrogen and oxygen atoms in total. The SMILES string of the molecule is COc1ccc2cc(CNC(=O)C(NC(=O)c3ccco3)C(C)C)ccc2c1. The van der Waals surface area contributed by atoms with Crippen LogP contribution in [-0.2, 0) is 11.3 Å². The number of benzene rings is 2. The molecule has 3 rings (SSSR count). The number of furan rings is 1. The summed E-state index contributed by atoms with van der Waals surface area (Å²) >= 11 is 0. The lowest BCUT2D eigenvalue weighted by Crippen LogP contribution is -2.49. The molecule has 0 aliphatic carbocycles. The lowest BCUT2D eigenvalue weighted by atomic mass is 10.0. The zero-order valence-corrected chi connectivity index (χ0v) is 16.2. The van der Waals surface area contributed by atoms with Crippen LogP contribution in [0.5, 0.6) is 5.75 Å². The van der Waals surface area contributed by atoms with E-state index < -0.39 is 11.9 Å². The maximum Gasteiger partial charge on any atom is 0.287 e. The van der Waals surface area contributed by atoms with Crippen LogP contribution in [0.1, 0.15) is 30.0 Å². The molecule has 2 N–H and O–H groups in total. The van der Waals surface area contributed by atoms with Gasteiger partial charge >= 0.3 is 0 Å². The Bertz CT molecular complexity index is 964. The van der Waals surface area contributed by atoms with Gasteiger partial charge in [-0.15, -0.1) is 0 Å². The number of nitrogens with one attached hydrogen (secondary N) is 2. The van der Waals surface area contributed by atoms with Gasteiger partial charge in [-0.3, -0.25) is 9.59 Å².